The van der Waals surface area contributed by atoms with Crippen LogP contribution >= 0.6 is 0 Å². The number of ether oxygens (including phenoxy) is 3. The van der Waals surface area contributed by atoms with Crippen LogP contribution in [0.15, 0.2) is 67.3 Å². The minimum absolute atomic E-state index is 0.0446. The van der Waals surface area contributed by atoms with Crippen LogP contribution in [0.2, 0.25) is 0 Å². The Morgan fingerprint density at radius 3 is 2.52 bits per heavy atom. The van der Waals surface area contributed by atoms with Gasteiger partial charge in [0.05, 0.1) is 5.69 Å². The van der Waals surface area contributed by atoms with Gasteiger partial charge in [-0.3, -0.25) is 4.79 Å². The average Bonchev–Trinajstić information content (AvgIpc) is 2.71. The Bertz CT molecular complexity index is 866. The van der Waals surface area contributed by atoms with Crippen molar-refractivity contribution in [2.24, 2.45) is 0 Å². The minimum Gasteiger partial charge on any atom is -0.490 e. The molecule has 0 saturated carbocycles. The predicted molar refractivity (Wildman–Crippen MR) is 104 cm³/mol. The van der Waals surface area contributed by atoms with E-state index < -0.39 is 25.1 Å². The third-order valence-electron chi connectivity index (χ3n) is 3.38. The van der Waals surface area contributed by atoms with Crippen LogP contribution in [0.5, 0.6) is 11.5 Å². The molecule has 152 valence electrons. The smallest absolute Gasteiger partial charge is 0.387 e. The summed E-state index contributed by atoms with van der Waals surface area (Å²) in [6.45, 7) is 0.338. The van der Waals surface area contributed by atoms with Crippen molar-refractivity contribution in [2.45, 2.75) is 6.61 Å². The van der Waals surface area contributed by atoms with Gasteiger partial charge in [0.15, 0.2) is 6.61 Å². The van der Waals surface area contributed by atoms with E-state index in [0.29, 0.717) is 12.4 Å². The minimum atomic E-state index is -3.03. The monoisotopic (exact) mass is 403 g/mol. The molecule has 0 heterocycles. The van der Waals surface area contributed by atoms with Gasteiger partial charge >= 0.3 is 12.6 Å². The highest BCUT2D eigenvalue weighted by atomic mass is 19.3. The highest BCUT2D eigenvalue weighted by Crippen LogP contribution is 2.25. The fourth-order valence-corrected chi connectivity index (χ4v) is 2.13. The van der Waals surface area contributed by atoms with Crippen LogP contribution < -0.4 is 14.8 Å². The SMILES string of the molecule is C=CCOc1ccc(/C=C/C(=O)OCC(=O)Nc2ccccc2OC(F)F)cc1. The number of rotatable bonds is 10. The van der Waals surface area contributed by atoms with Crippen LogP contribution in [0.3, 0.4) is 0 Å². The van der Waals surface area contributed by atoms with Gasteiger partial charge in [-0.25, -0.2) is 4.79 Å². The molecule has 2 aromatic carbocycles. The zero-order valence-electron chi connectivity index (χ0n) is 15.3. The van der Waals surface area contributed by atoms with Gasteiger partial charge in [-0.15, -0.1) is 0 Å². The standard InChI is InChI=1S/C21H19F2NO5/c1-2-13-27-16-10-7-15(8-11-16)9-12-20(26)28-14-19(25)24-17-5-3-4-6-18(17)29-21(22)23/h2-12,21H,1,13-14H2,(H,24,25)/b12-9+. The van der Waals surface area contributed by atoms with E-state index in [9.17, 15) is 18.4 Å². The zero-order chi connectivity index (χ0) is 21.1. The fraction of sp³-hybridized carbons (Fsp3) is 0.143. The summed E-state index contributed by atoms with van der Waals surface area (Å²) in [5.74, 6) is -0.954. The van der Waals surface area contributed by atoms with Gasteiger partial charge in [-0.2, -0.15) is 8.78 Å². The molecular formula is C21H19F2NO5. The van der Waals surface area contributed by atoms with Crippen LogP contribution in [0.25, 0.3) is 6.08 Å². The quantitative estimate of drug-likeness (QED) is 0.368. The van der Waals surface area contributed by atoms with Gasteiger partial charge < -0.3 is 19.5 Å². The fourth-order valence-electron chi connectivity index (χ4n) is 2.13. The first kappa shape index (κ1) is 21.6. The molecule has 0 aliphatic carbocycles. The second kappa shape index (κ2) is 11.2. The largest absolute Gasteiger partial charge is 0.490 e. The molecule has 0 radical (unpaired) electrons. The number of hydrogen-bond acceptors (Lipinski definition) is 5. The maximum Gasteiger partial charge on any atom is 0.387 e. The van der Waals surface area contributed by atoms with E-state index in [1.165, 1.54) is 36.4 Å². The molecule has 2 rings (SSSR count). The van der Waals surface area contributed by atoms with Crippen molar-refractivity contribution in [3.05, 3.63) is 72.8 Å². The van der Waals surface area contributed by atoms with Crippen LogP contribution in [-0.2, 0) is 14.3 Å². The number of carbonyl (C=O) groups excluding carboxylic acids is 2. The van der Waals surface area contributed by atoms with Gasteiger partial charge in [-0.05, 0) is 35.9 Å². The lowest BCUT2D eigenvalue weighted by molar-refractivity contribution is -0.142. The lowest BCUT2D eigenvalue weighted by atomic mass is 10.2. The summed E-state index contributed by atoms with van der Waals surface area (Å²) in [7, 11) is 0. The van der Waals surface area contributed by atoms with Crippen molar-refractivity contribution in [1.29, 1.82) is 0 Å². The Hall–Kier alpha value is -3.68. The molecular weight excluding hydrogens is 384 g/mol. The van der Waals surface area contributed by atoms with Crippen molar-refractivity contribution < 1.29 is 32.6 Å². The van der Waals surface area contributed by atoms with Crippen molar-refractivity contribution in [1.82, 2.24) is 0 Å². The summed E-state index contributed by atoms with van der Waals surface area (Å²) in [5.41, 5.74) is 0.776. The Balaban J connectivity index is 1.82. The van der Waals surface area contributed by atoms with Crippen LogP contribution in [0.1, 0.15) is 5.56 Å². The molecule has 29 heavy (non-hydrogen) atoms. The second-order valence-electron chi connectivity index (χ2n) is 5.53. The number of anilines is 1. The molecule has 0 fully saturated rings. The molecule has 2 aromatic rings. The summed E-state index contributed by atoms with van der Waals surface area (Å²) in [5, 5.41) is 2.35. The van der Waals surface area contributed by atoms with Crippen molar-refractivity contribution in [3.8, 4) is 11.5 Å². The summed E-state index contributed by atoms with van der Waals surface area (Å²) >= 11 is 0. The molecule has 1 N–H and O–H groups in total. The first-order valence-electron chi connectivity index (χ1n) is 8.50. The highest BCUT2D eigenvalue weighted by Gasteiger charge is 2.12. The maximum atomic E-state index is 12.4. The number of benzene rings is 2. The van der Waals surface area contributed by atoms with E-state index in [1.807, 2.05) is 0 Å². The Labute approximate surface area is 166 Å². The lowest BCUT2D eigenvalue weighted by Gasteiger charge is -2.11. The summed E-state index contributed by atoms with van der Waals surface area (Å²) < 4.78 is 39.2. The van der Waals surface area contributed by atoms with Crippen LogP contribution in [0.4, 0.5) is 14.5 Å². The topological polar surface area (TPSA) is 73.9 Å². The number of alkyl halides is 2. The molecule has 1 amide bonds. The van der Waals surface area contributed by atoms with Gasteiger partial charge in [-0.1, -0.05) is 36.9 Å². The molecule has 0 spiro atoms. The lowest BCUT2D eigenvalue weighted by Crippen LogP contribution is -2.20. The number of para-hydroxylation sites is 2. The van der Waals surface area contributed by atoms with Crippen molar-refractivity contribution >= 4 is 23.6 Å². The number of amides is 1. The molecule has 0 bridgehead atoms. The molecule has 0 aromatic heterocycles. The molecule has 0 aliphatic rings. The third-order valence-corrected chi connectivity index (χ3v) is 3.38. The van der Waals surface area contributed by atoms with E-state index in [0.717, 1.165) is 5.56 Å². The third kappa shape index (κ3) is 7.84. The Morgan fingerprint density at radius 1 is 1.10 bits per heavy atom. The van der Waals surface area contributed by atoms with E-state index in [4.69, 9.17) is 9.47 Å². The zero-order valence-corrected chi connectivity index (χ0v) is 15.3. The van der Waals surface area contributed by atoms with Crippen LogP contribution in [0, 0.1) is 0 Å². The first-order chi connectivity index (χ1) is 14.0. The predicted octanol–water partition coefficient (Wildman–Crippen LogP) is 4.05. The van der Waals surface area contributed by atoms with Crippen LogP contribution in [-0.4, -0.2) is 31.7 Å². The molecule has 8 heteroatoms. The van der Waals surface area contributed by atoms with Gasteiger partial charge in [0.2, 0.25) is 0 Å². The van der Waals surface area contributed by atoms with Gasteiger partial charge in [0.25, 0.3) is 5.91 Å². The van der Waals surface area contributed by atoms with E-state index in [2.05, 4.69) is 16.6 Å². The molecule has 6 nitrogen and oxygen atoms in total. The van der Waals surface area contributed by atoms with Gasteiger partial charge in [0.1, 0.15) is 18.1 Å². The number of esters is 1. The highest BCUT2D eigenvalue weighted by molar-refractivity contribution is 5.95. The maximum absolute atomic E-state index is 12.4. The van der Waals surface area contributed by atoms with E-state index in [1.54, 1.807) is 30.3 Å². The first-order valence-corrected chi connectivity index (χ1v) is 8.50. The van der Waals surface area contributed by atoms with Crippen molar-refractivity contribution in [3.63, 3.8) is 0 Å². The molecule has 0 atom stereocenters. The molecule has 0 unspecified atom stereocenters. The van der Waals surface area contributed by atoms with E-state index in [-0.39, 0.29) is 11.4 Å². The normalized spacial score (nSPS) is 10.6. The summed E-state index contributed by atoms with van der Waals surface area (Å²) in [4.78, 5) is 23.6. The second-order valence-corrected chi connectivity index (χ2v) is 5.53. The Morgan fingerprint density at radius 2 is 1.83 bits per heavy atom. The Kier molecular flexibility index (Phi) is 8.37. The number of carbonyl (C=O) groups is 2. The van der Waals surface area contributed by atoms with Gasteiger partial charge in [0, 0.05) is 6.08 Å². The average molecular weight is 403 g/mol. The molecule has 0 saturated heterocycles. The number of nitrogens with one attached hydrogen (secondary N) is 1. The number of halogens is 2. The number of hydrogen-bond donors (Lipinski definition) is 1. The summed E-state index contributed by atoms with van der Waals surface area (Å²) in [6.07, 6.45) is 4.31. The molecule has 0 aliphatic heterocycles. The van der Waals surface area contributed by atoms with E-state index >= 15 is 0 Å². The van der Waals surface area contributed by atoms with Crippen molar-refractivity contribution in [2.75, 3.05) is 18.5 Å². The summed E-state index contributed by atoms with van der Waals surface area (Å²) in [6, 6.07) is 12.7.